The average molecular weight is 407 g/mol. The first-order chi connectivity index (χ1) is 14.1. The van der Waals surface area contributed by atoms with Crippen molar-refractivity contribution in [3.8, 4) is 11.8 Å². The van der Waals surface area contributed by atoms with Gasteiger partial charge in [-0.25, -0.2) is 9.18 Å². The van der Waals surface area contributed by atoms with Gasteiger partial charge in [0.15, 0.2) is 0 Å². The molecule has 2 aromatic rings. The normalized spacial score (nSPS) is 21.8. The minimum atomic E-state index is -0.541. The molecule has 1 amide bonds. The Balaban J connectivity index is 1.57. The summed E-state index contributed by atoms with van der Waals surface area (Å²) in [7, 11) is 0. The molecular formula is C23H16ClFN2O2. The van der Waals surface area contributed by atoms with Crippen LogP contribution in [0.4, 0.5) is 9.18 Å². The smallest absolute Gasteiger partial charge is 0.408 e. The van der Waals surface area contributed by atoms with E-state index in [1.54, 1.807) is 30.5 Å². The molecule has 1 aliphatic heterocycles. The van der Waals surface area contributed by atoms with Gasteiger partial charge in [-0.1, -0.05) is 35.6 Å². The number of hydrogen-bond acceptors (Lipinski definition) is 3. The maximum absolute atomic E-state index is 13.2. The van der Waals surface area contributed by atoms with Gasteiger partial charge in [0.25, 0.3) is 0 Å². The third-order valence-corrected chi connectivity index (χ3v) is 4.72. The Labute approximate surface area is 172 Å². The van der Waals surface area contributed by atoms with E-state index in [1.807, 2.05) is 24.3 Å². The van der Waals surface area contributed by atoms with Crippen LogP contribution in [0.2, 0.25) is 5.02 Å². The summed E-state index contributed by atoms with van der Waals surface area (Å²) in [5, 5.41) is 3.41. The standard InChI is InChI=1S/C23H16ClFN2O2/c24-18-3-1-2-15(12-18)4-5-17-10-11-26-20(13-17)22-21(29-23(28)27-22)14-16-6-8-19(25)9-7-16/h1-3,6,8-14,21-22H,7H2,(H,27,28). The van der Waals surface area contributed by atoms with Crippen LogP contribution in [0.15, 0.2) is 78.3 Å². The highest BCUT2D eigenvalue weighted by atomic mass is 35.5. The lowest BCUT2D eigenvalue weighted by molar-refractivity contribution is 0.153. The zero-order valence-electron chi connectivity index (χ0n) is 15.2. The maximum atomic E-state index is 13.2. The molecule has 0 bridgehead atoms. The second-order valence-electron chi connectivity index (χ2n) is 6.59. The highest BCUT2D eigenvalue weighted by molar-refractivity contribution is 6.30. The molecule has 1 aliphatic carbocycles. The number of amides is 1. The van der Waals surface area contributed by atoms with E-state index in [1.165, 1.54) is 12.2 Å². The Bertz CT molecular complexity index is 1110. The van der Waals surface area contributed by atoms with Gasteiger partial charge < -0.3 is 10.1 Å². The van der Waals surface area contributed by atoms with Gasteiger partial charge in [-0.05, 0) is 60.6 Å². The molecule has 2 heterocycles. The number of cyclic esters (lactones) is 1. The first-order valence-electron chi connectivity index (χ1n) is 9.02. The Morgan fingerprint density at radius 1 is 1.21 bits per heavy atom. The number of nitrogens with zero attached hydrogens (tertiary/aromatic N) is 1. The van der Waals surface area contributed by atoms with E-state index in [9.17, 15) is 9.18 Å². The second kappa shape index (κ2) is 8.34. The van der Waals surface area contributed by atoms with Gasteiger partial charge in [0, 0.05) is 22.3 Å². The molecule has 0 spiro atoms. The van der Waals surface area contributed by atoms with Gasteiger partial charge in [-0.3, -0.25) is 4.98 Å². The average Bonchev–Trinajstić information content (AvgIpc) is 3.09. The number of alkyl carbamates (subject to hydrolysis) is 1. The first-order valence-corrected chi connectivity index (χ1v) is 9.40. The van der Waals surface area contributed by atoms with Crippen molar-refractivity contribution in [2.24, 2.45) is 0 Å². The van der Waals surface area contributed by atoms with Gasteiger partial charge in [-0.15, -0.1) is 0 Å². The van der Waals surface area contributed by atoms with Crippen molar-refractivity contribution in [2.45, 2.75) is 18.6 Å². The van der Waals surface area contributed by atoms with Crippen LogP contribution >= 0.6 is 11.6 Å². The first kappa shape index (κ1) is 19.0. The van der Waals surface area contributed by atoms with Crippen LogP contribution in [0.3, 0.4) is 0 Å². The lowest BCUT2D eigenvalue weighted by Crippen LogP contribution is -2.23. The van der Waals surface area contributed by atoms with Gasteiger partial charge in [0.2, 0.25) is 0 Å². The zero-order valence-corrected chi connectivity index (χ0v) is 16.0. The van der Waals surface area contributed by atoms with Crippen molar-refractivity contribution < 1.29 is 13.9 Å². The van der Waals surface area contributed by atoms with E-state index in [0.29, 0.717) is 17.1 Å². The molecule has 2 unspecified atom stereocenters. The Morgan fingerprint density at radius 2 is 2.03 bits per heavy atom. The number of carbonyl (C=O) groups is 1. The molecule has 1 aromatic heterocycles. The number of ether oxygens (including phenoxy) is 1. The minimum absolute atomic E-state index is 0.270. The molecule has 4 nitrogen and oxygen atoms in total. The highest BCUT2D eigenvalue weighted by Crippen LogP contribution is 2.27. The summed E-state index contributed by atoms with van der Waals surface area (Å²) in [6.45, 7) is 0. The summed E-state index contributed by atoms with van der Waals surface area (Å²) < 4.78 is 18.5. The van der Waals surface area contributed by atoms with Crippen LogP contribution in [0, 0.1) is 11.8 Å². The summed E-state index contributed by atoms with van der Waals surface area (Å²) >= 11 is 5.99. The van der Waals surface area contributed by atoms with Crippen LogP contribution in [0.5, 0.6) is 0 Å². The van der Waals surface area contributed by atoms with Gasteiger partial charge in [0.1, 0.15) is 18.0 Å². The fraction of sp³-hybridized carbons (Fsp3) is 0.130. The highest BCUT2D eigenvalue weighted by Gasteiger charge is 2.35. The van der Waals surface area contributed by atoms with Gasteiger partial charge in [0.05, 0.1) is 5.69 Å². The predicted octanol–water partition coefficient (Wildman–Crippen LogP) is 5.02. The third-order valence-electron chi connectivity index (χ3n) is 4.49. The van der Waals surface area contributed by atoms with E-state index in [2.05, 4.69) is 22.1 Å². The summed E-state index contributed by atoms with van der Waals surface area (Å²) in [5.41, 5.74) is 3.07. The zero-order chi connectivity index (χ0) is 20.2. The quantitative estimate of drug-likeness (QED) is 0.712. The molecule has 2 atom stereocenters. The number of benzene rings is 1. The van der Waals surface area contributed by atoms with Gasteiger partial charge in [-0.2, -0.15) is 0 Å². The van der Waals surface area contributed by atoms with Crippen molar-refractivity contribution in [3.63, 3.8) is 0 Å². The van der Waals surface area contributed by atoms with E-state index in [4.69, 9.17) is 16.3 Å². The molecule has 1 aromatic carbocycles. The van der Waals surface area contributed by atoms with E-state index in [0.717, 1.165) is 16.7 Å². The Morgan fingerprint density at radius 3 is 2.79 bits per heavy atom. The number of halogens is 2. The molecule has 1 N–H and O–H groups in total. The van der Waals surface area contributed by atoms with Crippen LogP contribution in [-0.2, 0) is 4.74 Å². The molecule has 1 saturated heterocycles. The fourth-order valence-corrected chi connectivity index (χ4v) is 3.28. The number of carbonyl (C=O) groups excluding carboxylic acids is 1. The summed E-state index contributed by atoms with van der Waals surface area (Å²) in [5.74, 6) is 5.88. The number of rotatable bonds is 2. The van der Waals surface area contributed by atoms with Crippen LogP contribution < -0.4 is 5.32 Å². The van der Waals surface area contributed by atoms with E-state index in [-0.39, 0.29) is 5.83 Å². The predicted molar refractivity (Wildman–Crippen MR) is 109 cm³/mol. The minimum Gasteiger partial charge on any atom is -0.439 e. The number of nitrogens with one attached hydrogen (secondary N) is 1. The molecule has 6 heteroatoms. The number of pyridine rings is 1. The summed E-state index contributed by atoms with van der Waals surface area (Å²) in [6, 6.07) is 10.5. The van der Waals surface area contributed by atoms with Crippen LogP contribution in [0.25, 0.3) is 0 Å². The second-order valence-corrected chi connectivity index (χ2v) is 7.03. The lowest BCUT2D eigenvalue weighted by atomic mass is 10.00. The van der Waals surface area contributed by atoms with Crippen molar-refractivity contribution in [1.29, 1.82) is 0 Å². The largest absolute Gasteiger partial charge is 0.439 e. The lowest BCUT2D eigenvalue weighted by Gasteiger charge is -2.15. The van der Waals surface area contributed by atoms with E-state index < -0.39 is 18.2 Å². The molecule has 29 heavy (non-hydrogen) atoms. The molecule has 2 aliphatic rings. The molecule has 1 fully saturated rings. The van der Waals surface area contributed by atoms with Crippen molar-refractivity contribution in [2.75, 3.05) is 0 Å². The SMILES string of the molecule is O=C1NC(c2cc(C#Cc3cccc(Cl)c3)ccn2)C(C=C2C=CC(F)=CC2)O1. The monoisotopic (exact) mass is 406 g/mol. The van der Waals surface area contributed by atoms with Crippen molar-refractivity contribution in [1.82, 2.24) is 10.3 Å². The molecule has 0 radical (unpaired) electrons. The molecule has 144 valence electrons. The fourth-order valence-electron chi connectivity index (χ4n) is 3.09. The van der Waals surface area contributed by atoms with Gasteiger partial charge >= 0.3 is 6.09 Å². The molecule has 0 saturated carbocycles. The Hall–Kier alpha value is -3.36. The molecular weight excluding hydrogens is 391 g/mol. The maximum Gasteiger partial charge on any atom is 0.408 e. The summed E-state index contributed by atoms with van der Waals surface area (Å²) in [6.07, 6.45) is 7.39. The Kier molecular flexibility index (Phi) is 5.46. The van der Waals surface area contributed by atoms with Crippen LogP contribution in [0.1, 0.15) is 29.3 Å². The third kappa shape index (κ3) is 4.74. The van der Waals surface area contributed by atoms with Crippen LogP contribution in [-0.4, -0.2) is 17.2 Å². The van der Waals surface area contributed by atoms with Crippen molar-refractivity contribution >= 4 is 17.7 Å². The number of hydrogen-bond donors (Lipinski definition) is 1. The van der Waals surface area contributed by atoms with E-state index >= 15 is 0 Å². The summed E-state index contributed by atoms with van der Waals surface area (Å²) in [4.78, 5) is 16.2. The number of aromatic nitrogens is 1. The topological polar surface area (TPSA) is 51.2 Å². The van der Waals surface area contributed by atoms with Crippen molar-refractivity contribution in [3.05, 3.63) is 100 Å². The number of allylic oxidation sites excluding steroid dienone is 5. The molecule has 4 rings (SSSR count).